The van der Waals surface area contributed by atoms with Crippen molar-refractivity contribution in [2.24, 2.45) is 5.92 Å². The quantitative estimate of drug-likeness (QED) is 0.519. The summed E-state index contributed by atoms with van der Waals surface area (Å²) in [7, 11) is 0. The Morgan fingerprint density at radius 1 is 1.07 bits per heavy atom. The van der Waals surface area contributed by atoms with Crippen LogP contribution in [0.15, 0.2) is 47.7 Å². The number of aromatic nitrogens is 5. The maximum absolute atomic E-state index is 13.2. The fraction of sp³-hybridized carbons (Fsp3) is 0.409. The Morgan fingerprint density at radius 2 is 1.96 bits per heavy atom. The van der Waals surface area contributed by atoms with E-state index in [1.807, 2.05) is 39.6 Å². The zero-order valence-electron chi connectivity index (χ0n) is 15.8. The molecular formula is C22H23N5O. The highest BCUT2D eigenvalue weighted by Gasteiger charge is 2.29. The maximum atomic E-state index is 13.2. The third-order valence-electron chi connectivity index (χ3n) is 6.18. The number of imidazole rings is 2. The van der Waals surface area contributed by atoms with Gasteiger partial charge in [0.2, 0.25) is 0 Å². The van der Waals surface area contributed by atoms with Crippen LogP contribution in [0.25, 0.3) is 16.7 Å². The molecule has 2 saturated carbocycles. The number of nitrogens with zero attached hydrogens (tertiary/aromatic N) is 5. The smallest absolute Gasteiger partial charge is 0.304 e. The highest BCUT2D eigenvalue weighted by molar-refractivity contribution is 5.75. The first-order valence-electron chi connectivity index (χ1n) is 10.3. The van der Waals surface area contributed by atoms with Crippen LogP contribution in [0, 0.1) is 5.92 Å². The lowest BCUT2D eigenvalue weighted by Crippen LogP contribution is -2.24. The predicted molar refractivity (Wildman–Crippen MR) is 108 cm³/mol. The van der Waals surface area contributed by atoms with E-state index in [1.165, 1.54) is 25.0 Å². The van der Waals surface area contributed by atoms with Gasteiger partial charge in [-0.1, -0.05) is 18.9 Å². The Bertz CT molecular complexity index is 1240. The van der Waals surface area contributed by atoms with Crippen molar-refractivity contribution in [3.05, 3.63) is 64.7 Å². The van der Waals surface area contributed by atoms with E-state index in [4.69, 9.17) is 4.98 Å². The molecule has 28 heavy (non-hydrogen) atoms. The highest BCUT2D eigenvalue weighted by Crippen LogP contribution is 2.36. The second-order valence-corrected chi connectivity index (χ2v) is 8.25. The van der Waals surface area contributed by atoms with Gasteiger partial charge in [0, 0.05) is 24.1 Å². The van der Waals surface area contributed by atoms with Gasteiger partial charge in [0.15, 0.2) is 0 Å². The summed E-state index contributed by atoms with van der Waals surface area (Å²) in [6.45, 7) is 0.502. The van der Waals surface area contributed by atoms with Crippen LogP contribution in [0.2, 0.25) is 0 Å². The number of hydrogen-bond acceptors (Lipinski definition) is 3. The van der Waals surface area contributed by atoms with Gasteiger partial charge in [0.1, 0.15) is 5.65 Å². The van der Waals surface area contributed by atoms with Gasteiger partial charge in [-0.15, -0.1) is 0 Å². The lowest BCUT2D eigenvalue weighted by molar-refractivity contribution is 0.656. The zero-order chi connectivity index (χ0) is 18.7. The summed E-state index contributed by atoms with van der Waals surface area (Å²) in [6.07, 6.45) is 12.8. The minimum atomic E-state index is 0.0655. The second kappa shape index (κ2) is 6.06. The van der Waals surface area contributed by atoms with Gasteiger partial charge in [-0.05, 0) is 49.8 Å². The van der Waals surface area contributed by atoms with Gasteiger partial charge in [-0.2, -0.15) is 0 Å². The van der Waals surface area contributed by atoms with Gasteiger partial charge in [0.25, 0.3) is 0 Å². The highest BCUT2D eigenvalue weighted by atomic mass is 16.1. The number of aryl methyl sites for hydroxylation is 1. The summed E-state index contributed by atoms with van der Waals surface area (Å²) >= 11 is 0. The van der Waals surface area contributed by atoms with Gasteiger partial charge < -0.3 is 4.40 Å². The molecule has 4 aromatic heterocycles. The SMILES string of the molecule is O=c1n(Cc2nc3ccccn3c2CCC2CC2)c2cnccc2n1C1CC1. The molecule has 0 amide bonds. The summed E-state index contributed by atoms with van der Waals surface area (Å²) in [5, 5.41) is 0. The van der Waals surface area contributed by atoms with E-state index in [0.717, 1.165) is 47.6 Å². The van der Waals surface area contributed by atoms with Crippen molar-refractivity contribution in [1.29, 1.82) is 0 Å². The van der Waals surface area contributed by atoms with E-state index in [1.54, 1.807) is 6.20 Å². The summed E-state index contributed by atoms with van der Waals surface area (Å²) in [6, 6.07) is 8.42. The van der Waals surface area contributed by atoms with Crippen molar-refractivity contribution in [2.75, 3.05) is 0 Å². The largest absolute Gasteiger partial charge is 0.329 e. The van der Waals surface area contributed by atoms with Crippen LogP contribution >= 0.6 is 0 Å². The van der Waals surface area contributed by atoms with E-state index in [-0.39, 0.29) is 5.69 Å². The first-order chi connectivity index (χ1) is 13.8. The minimum absolute atomic E-state index is 0.0655. The molecule has 0 spiro atoms. The molecular weight excluding hydrogens is 350 g/mol. The molecule has 0 aromatic carbocycles. The first kappa shape index (κ1) is 16.1. The van der Waals surface area contributed by atoms with Crippen LogP contribution in [-0.4, -0.2) is 23.5 Å². The molecule has 0 radical (unpaired) electrons. The molecule has 6 rings (SSSR count). The summed E-state index contributed by atoms with van der Waals surface area (Å²) in [4.78, 5) is 22.4. The van der Waals surface area contributed by atoms with Gasteiger partial charge in [-0.3, -0.25) is 14.1 Å². The van der Waals surface area contributed by atoms with Crippen molar-refractivity contribution >= 4 is 16.7 Å². The average Bonchev–Trinajstić information content (AvgIpc) is 3.64. The molecule has 0 saturated heterocycles. The minimum Gasteiger partial charge on any atom is -0.304 e. The molecule has 2 aliphatic rings. The van der Waals surface area contributed by atoms with E-state index in [9.17, 15) is 4.79 Å². The van der Waals surface area contributed by atoms with Crippen LogP contribution in [0.3, 0.4) is 0 Å². The average molecular weight is 373 g/mol. The van der Waals surface area contributed by atoms with Crippen molar-refractivity contribution in [1.82, 2.24) is 23.5 Å². The topological polar surface area (TPSA) is 57.1 Å². The lowest BCUT2D eigenvalue weighted by atomic mass is 10.1. The van der Waals surface area contributed by atoms with Crippen molar-refractivity contribution in [2.45, 2.75) is 51.1 Å². The van der Waals surface area contributed by atoms with E-state index >= 15 is 0 Å². The summed E-state index contributed by atoms with van der Waals surface area (Å²) in [5.74, 6) is 0.866. The Morgan fingerprint density at radius 3 is 2.79 bits per heavy atom. The van der Waals surface area contributed by atoms with E-state index in [2.05, 4.69) is 15.6 Å². The van der Waals surface area contributed by atoms with Gasteiger partial charge in [0.05, 0.1) is 29.5 Å². The summed E-state index contributed by atoms with van der Waals surface area (Å²) in [5.41, 5.74) is 5.17. The Labute approximate surface area is 162 Å². The monoisotopic (exact) mass is 373 g/mol. The Hall–Kier alpha value is -2.89. The molecule has 142 valence electrons. The molecule has 4 heterocycles. The second-order valence-electron chi connectivity index (χ2n) is 8.25. The Kier molecular flexibility index (Phi) is 3.48. The standard InChI is InChI=1S/C22H23N5O/c28-22-26(20-13-23-11-10-19(20)27(22)16-7-8-16)14-17-18(9-6-15-4-5-15)25-12-2-1-3-21(25)24-17/h1-3,10-13,15-16H,4-9,14H2. The van der Waals surface area contributed by atoms with Crippen LogP contribution in [-0.2, 0) is 13.0 Å². The summed E-state index contributed by atoms with van der Waals surface area (Å²) < 4.78 is 6.01. The van der Waals surface area contributed by atoms with Gasteiger partial charge in [-0.25, -0.2) is 9.78 Å². The van der Waals surface area contributed by atoms with Gasteiger partial charge >= 0.3 is 5.69 Å². The fourth-order valence-electron chi connectivity index (χ4n) is 4.35. The molecule has 0 unspecified atom stereocenters. The lowest BCUT2D eigenvalue weighted by Gasteiger charge is -2.06. The fourth-order valence-corrected chi connectivity index (χ4v) is 4.35. The number of hydrogen-bond donors (Lipinski definition) is 0. The molecule has 2 fully saturated rings. The van der Waals surface area contributed by atoms with Crippen molar-refractivity contribution in [3.8, 4) is 0 Å². The maximum Gasteiger partial charge on any atom is 0.329 e. The third kappa shape index (κ3) is 2.58. The molecule has 0 bridgehead atoms. The molecule has 6 heteroatoms. The molecule has 0 aliphatic heterocycles. The van der Waals surface area contributed by atoms with Crippen molar-refractivity contribution < 1.29 is 0 Å². The zero-order valence-corrected chi connectivity index (χ0v) is 15.8. The molecule has 6 nitrogen and oxygen atoms in total. The molecule has 0 atom stereocenters. The van der Waals surface area contributed by atoms with Crippen LogP contribution in [0.5, 0.6) is 0 Å². The van der Waals surface area contributed by atoms with Crippen molar-refractivity contribution in [3.63, 3.8) is 0 Å². The number of pyridine rings is 2. The van der Waals surface area contributed by atoms with Crippen LogP contribution < -0.4 is 5.69 Å². The third-order valence-corrected chi connectivity index (χ3v) is 6.18. The molecule has 4 aromatic rings. The first-order valence-corrected chi connectivity index (χ1v) is 10.3. The normalized spacial score (nSPS) is 17.0. The van der Waals surface area contributed by atoms with E-state index < -0.39 is 0 Å². The van der Waals surface area contributed by atoms with Crippen LogP contribution in [0.1, 0.15) is 49.5 Å². The predicted octanol–water partition coefficient (Wildman–Crippen LogP) is 3.57. The number of rotatable bonds is 6. The van der Waals surface area contributed by atoms with E-state index in [0.29, 0.717) is 12.6 Å². The van der Waals surface area contributed by atoms with Crippen LogP contribution in [0.4, 0.5) is 0 Å². The Balaban J connectivity index is 1.48. The number of fused-ring (bicyclic) bond motifs is 2. The molecule has 2 aliphatic carbocycles. The molecule has 0 N–H and O–H groups in total.